The Bertz CT molecular complexity index is 808. The van der Waals surface area contributed by atoms with Crippen molar-refractivity contribution in [2.75, 3.05) is 21.3 Å². The van der Waals surface area contributed by atoms with E-state index in [9.17, 15) is 9.18 Å². The van der Waals surface area contributed by atoms with Crippen LogP contribution in [0.4, 0.5) is 4.39 Å². The molecule has 1 saturated carbocycles. The zero-order chi connectivity index (χ0) is 18.7. The number of nitrogens with one attached hydrogen (secondary N) is 1. The molecule has 26 heavy (non-hydrogen) atoms. The number of amides is 1. The Morgan fingerprint density at radius 2 is 1.73 bits per heavy atom. The van der Waals surface area contributed by atoms with Crippen molar-refractivity contribution in [3.63, 3.8) is 0 Å². The number of hydrogen-bond acceptors (Lipinski definition) is 4. The predicted molar refractivity (Wildman–Crippen MR) is 95.2 cm³/mol. The van der Waals surface area contributed by atoms with E-state index in [1.165, 1.54) is 6.07 Å². The van der Waals surface area contributed by atoms with Gasteiger partial charge in [-0.1, -0.05) is 18.2 Å². The molecular formula is C20H22FNO4. The van der Waals surface area contributed by atoms with Gasteiger partial charge in [0.05, 0.1) is 21.3 Å². The fourth-order valence-corrected chi connectivity index (χ4v) is 3.15. The molecule has 138 valence electrons. The summed E-state index contributed by atoms with van der Waals surface area (Å²) in [7, 11) is 4.66. The van der Waals surface area contributed by atoms with Crippen molar-refractivity contribution in [1.29, 1.82) is 0 Å². The van der Waals surface area contributed by atoms with Gasteiger partial charge in [-0.3, -0.25) is 4.79 Å². The lowest BCUT2D eigenvalue weighted by molar-refractivity contribution is -0.122. The third kappa shape index (κ3) is 3.59. The minimum atomic E-state index is -0.255. The summed E-state index contributed by atoms with van der Waals surface area (Å²) in [6.07, 6.45) is 0.663. The molecule has 1 amide bonds. The maximum absolute atomic E-state index is 13.8. The van der Waals surface area contributed by atoms with Gasteiger partial charge in [0.15, 0.2) is 11.5 Å². The van der Waals surface area contributed by atoms with Crippen molar-refractivity contribution < 1.29 is 23.4 Å². The van der Waals surface area contributed by atoms with Crippen molar-refractivity contribution in [3.05, 3.63) is 53.3 Å². The van der Waals surface area contributed by atoms with Crippen LogP contribution in [0.5, 0.6) is 17.2 Å². The summed E-state index contributed by atoms with van der Waals surface area (Å²) in [4.78, 5) is 12.4. The van der Waals surface area contributed by atoms with E-state index in [1.54, 1.807) is 51.7 Å². The average molecular weight is 359 g/mol. The van der Waals surface area contributed by atoms with E-state index in [-0.39, 0.29) is 23.6 Å². The van der Waals surface area contributed by atoms with Crippen molar-refractivity contribution >= 4 is 5.91 Å². The van der Waals surface area contributed by atoms with Gasteiger partial charge in [0.1, 0.15) is 11.6 Å². The molecule has 2 atom stereocenters. The lowest BCUT2D eigenvalue weighted by atomic mass is 10.1. The number of benzene rings is 2. The summed E-state index contributed by atoms with van der Waals surface area (Å²) in [5.41, 5.74) is 1.39. The van der Waals surface area contributed by atoms with E-state index in [0.717, 1.165) is 5.56 Å². The fourth-order valence-electron chi connectivity index (χ4n) is 3.15. The van der Waals surface area contributed by atoms with Gasteiger partial charge in [0, 0.05) is 24.1 Å². The number of carbonyl (C=O) groups excluding carboxylic acids is 1. The molecule has 3 rings (SSSR count). The van der Waals surface area contributed by atoms with Crippen LogP contribution in [0, 0.1) is 11.7 Å². The second-order valence-corrected chi connectivity index (χ2v) is 6.21. The van der Waals surface area contributed by atoms with Crippen LogP contribution in [-0.4, -0.2) is 27.2 Å². The van der Waals surface area contributed by atoms with Gasteiger partial charge in [-0.25, -0.2) is 4.39 Å². The standard InChI is InChI=1S/C20H22FNO4/c1-24-17-10-19(26-3)18(25-2)8-12(17)11-22-20(23)15-9-14(15)13-6-4-5-7-16(13)21/h4-8,10,14-15H,9,11H2,1-3H3,(H,22,23). The lowest BCUT2D eigenvalue weighted by Gasteiger charge is -2.14. The summed E-state index contributed by atoms with van der Waals surface area (Å²) in [5, 5.41) is 2.91. The molecule has 2 aromatic rings. The van der Waals surface area contributed by atoms with E-state index >= 15 is 0 Å². The molecule has 1 fully saturated rings. The van der Waals surface area contributed by atoms with E-state index in [1.807, 2.05) is 0 Å². The third-order valence-electron chi connectivity index (χ3n) is 4.67. The minimum Gasteiger partial charge on any atom is -0.496 e. The zero-order valence-corrected chi connectivity index (χ0v) is 15.0. The smallest absolute Gasteiger partial charge is 0.224 e. The number of ether oxygens (including phenoxy) is 3. The zero-order valence-electron chi connectivity index (χ0n) is 15.0. The molecule has 0 spiro atoms. The second kappa shape index (κ2) is 7.64. The summed E-state index contributed by atoms with van der Waals surface area (Å²) >= 11 is 0. The number of halogens is 1. The highest BCUT2D eigenvalue weighted by atomic mass is 19.1. The Hall–Kier alpha value is -2.76. The highest BCUT2D eigenvalue weighted by molar-refractivity contribution is 5.83. The number of rotatable bonds is 7. The molecule has 5 nitrogen and oxygen atoms in total. The summed E-state index contributed by atoms with van der Waals surface area (Å²) in [6.45, 7) is 0.294. The first-order valence-corrected chi connectivity index (χ1v) is 8.40. The van der Waals surface area contributed by atoms with Gasteiger partial charge in [-0.05, 0) is 30.0 Å². The van der Waals surface area contributed by atoms with Crippen LogP contribution in [0.15, 0.2) is 36.4 Å². The fraction of sp³-hybridized carbons (Fsp3) is 0.350. The molecule has 0 heterocycles. The van der Waals surface area contributed by atoms with Gasteiger partial charge in [-0.2, -0.15) is 0 Å². The molecule has 1 aliphatic rings. The van der Waals surface area contributed by atoms with E-state index in [0.29, 0.717) is 35.8 Å². The predicted octanol–water partition coefficient (Wildman–Crippen LogP) is 3.27. The normalized spacial score (nSPS) is 18.2. The first-order chi connectivity index (χ1) is 12.6. The van der Waals surface area contributed by atoms with Crippen LogP contribution in [0.2, 0.25) is 0 Å². The van der Waals surface area contributed by atoms with Crippen LogP contribution in [-0.2, 0) is 11.3 Å². The number of hydrogen-bond donors (Lipinski definition) is 1. The van der Waals surface area contributed by atoms with Crippen molar-refractivity contribution in [2.45, 2.75) is 18.9 Å². The average Bonchev–Trinajstić information content (AvgIpc) is 3.46. The highest BCUT2D eigenvalue weighted by Crippen LogP contribution is 2.48. The third-order valence-corrected chi connectivity index (χ3v) is 4.67. The minimum absolute atomic E-state index is 0.0523. The highest BCUT2D eigenvalue weighted by Gasteiger charge is 2.45. The van der Waals surface area contributed by atoms with Crippen LogP contribution in [0.25, 0.3) is 0 Å². The molecular weight excluding hydrogens is 337 g/mol. The quantitative estimate of drug-likeness (QED) is 0.824. The SMILES string of the molecule is COc1cc(OC)c(OC)cc1CNC(=O)C1CC1c1ccccc1F. The first kappa shape index (κ1) is 18.0. The molecule has 0 aromatic heterocycles. The monoisotopic (exact) mass is 359 g/mol. The first-order valence-electron chi connectivity index (χ1n) is 8.40. The molecule has 0 bridgehead atoms. The Morgan fingerprint density at radius 1 is 1.08 bits per heavy atom. The summed E-state index contributed by atoms with van der Waals surface area (Å²) < 4.78 is 29.8. The Morgan fingerprint density at radius 3 is 2.38 bits per heavy atom. The molecule has 2 unspecified atom stereocenters. The second-order valence-electron chi connectivity index (χ2n) is 6.21. The van der Waals surface area contributed by atoms with Gasteiger partial charge in [0.2, 0.25) is 5.91 Å². The van der Waals surface area contributed by atoms with E-state index < -0.39 is 0 Å². The topological polar surface area (TPSA) is 56.8 Å². The molecule has 0 saturated heterocycles. The van der Waals surface area contributed by atoms with E-state index in [2.05, 4.69) is 5.32 Å². The summed E-state index contributed by atoms with van der Waals surface area (Å²) in [5.74, 6) is 1.13. The van der Waals surface area contributed by atoms with Crippen LogP contribution in [0.1, 0.15) is 23.5 Å². The van der Waals surface area contributed by atoms with E-state index in [4.69, 9.17) is 14.2 Å². The number of carbonyl (C=O) groups is 1. The summed E-state index contributed by atoms with van der Waals surface area (Å²) in [6, 6.07) is 10.1. The van der Waals surface area contributed by atoms with Crippen LogP contribution in [0.3, 0.4) is 0 Å². The molecule has 2 aromatic carbocycles. The van der Waals surface area contributed by atoms with Crippen molar-refractivity contribution in [1.82, 2.24) is 5.32 Å². The maximum atomic E-state index is 13.8. The molecule has 1 N–H and O–H groups in total. The Balaban J connectivity index is 1.66. The van der Waals surface area contributed by atoms with Crippen molar-refractivity contribution in [2.24, 2.45) is 5.92 Å². The van der Waals surface area contributed by atoms with Crippen molar-refractivity contribution in [3.8, 4) is 17.2 Å². The lowest BCUT2D eigenvalue weighted by Crippen LogP contribution is -2.25. The molecule has 0 aliphatic heterocycles. The Kier molecular flexibility index (Phi) is 5.30. The molecule has 0 radical (unpaired) electrons. The van der Waals surface area contributed by atoms with Crippen LogP contribution < -0.4 is 19.5 Å². The largest absolute Gasteiger partial charge is 0.496 e. The van der Waals surface area contributed by atoms with Gasteiger partial charge in [0.25, 0.3) is 0 Å². The Labute approximate surface area is 152 Å². The van der Waals surface area contributed by atoms with Crippen LogP contribution >= 0.6 is 0 Å². The van der Waals surface area contributed by atoms with Gasteiger partial charge in [-0.15, -0.1) is 0 Å². The molecule has 1 aliphatic carbocycles. The van der Waals surface area contributed by atoms with Gasteiger partial charge < -0.3 is 19.5 Å². The van der Waals surface area contributed by atoms with Gasteiger partial charge >= 0.3 is 0 Å². The maximum Gasteiger partial charge on any atom is 0.224 e. The number of methoxy groups -OCH3 is 3. The molecule has 6 heteroatoms.